The van der Waals surface area contributed by atoms with Crippen molar-refractivity contribution in [2.45, 2.75) is 39.3 Å². The number of rotatable bonds is 6. The van der Waals surface area contributed by atoms with E-state index in [1.807, 2.05) is 19.3 Å². The van der Waals surface area contributed by atoms with E-state index in [1.165, 1.54) is 6.20 Å². The minimum Gasteiger partial charge on any atom is -0.374 e. The SMILES string of the molecule is CCC(C)(C)OCCn1cc(C(=O)NN)nn1. The smallest absolute Gasteiger partial charge is 0.287 e. The predicted octanol–water partition coefficient (Wildman–Crippen LogP) is 0.0868. The van der Waals surface area contributed by atoms with Crippen molar-refractivity contribution in [3.8, 4) is 0 Å². The summed E-state index contributed by atoms with van der Waals surface area (Å²) in [6.45, 7) is 7.20. The van der Waals surface area contributed by atoms with Crippen LogP contribution in [0.3, 0.4) is 0 Å². The summed E-state index contributed by atoms with van der Waals surface area (Å²) < 4.78 is 7.22. The van der Waals surface area contributed by atoms with E-state index in [4.69, 9.17) is 10.6 Å². The summed E-state index contributed by atoms with van der Waals surface area (Å²) in [5.41, 5.74) is 2.05. The molecule has 0 aliphatic rings. The van der Waals surface area contributed by atoms with Crippen LogP contribution in [0.25, 0.3) is 0 Å². The largest absolute Gasteiger partial charge is 0.374 e. The first-order valence-electron chi connectivity index (χ1n) is 5.53. The van der Waals surface area contributed by atoms with Gasteiger partial charge in [0.25, 0.3) is 5.91 Å². The van der Waals surface area contributed by atoms with E-state index in [-0.39, 0.29) is 11.3 Å². The Kier molecular flexibility index (Phi) is 4.59. The Labute approximate surface area is 100 Å². The van der Waals surface area contributed by atoms with Gasteiger partial charge in [0.1, 0.15) is 0 Å². The molecular formula is C10H19N5O2. The highest BCUT2D eigenvalue weighted by Crippen LogP contribution is 2.12. The minimum atomic E-state index is -0.453. The molecule has 0 radical (unpaired) electrons. The van der Waals surface area contributed by atoms with Crippen molar-refractivity contribution in [2.24, 2.45) is 5.84 Å². The first-order chi connectivity index (χ1) is 7.98. The number of carbonyl (C=O) groups excluding carboxylic acids is 1. The number of nitrogens with two attached hydrogens (primary N) is 1. The zero-order valence-electron chi connectivity index (χ0n) is 10.4. The summed E-state index contributed by atoms with van der Waals surface area (Å²) >= 11 is 0. The highest BCUT2D eigenvalue weighted by atomic mass is 16.5. The van der Waals surface area contributed by atoms with Gasteiger partial charge in [-0.15, -0.1) is 5.10 Å². The molecule has 1 aromatic heterocycles. The van der Waals surface area contributed by atoms with Gasteiger partial charge in [-0.1, -0.05) is 12.1 Å². The number of nitrogen functional groups attached to an aromatic ring is 1. The first kappa shape index (κ1) is 13.6. The van der Waals surface area contributed by atoms with Crippen LogP contribution in [-0.4, -0.2) is 33.1 Å². The van der Waals surface area contributed by atoms with E-state index in [1.54, 1.807) is 4.68 Å². The molecule has 0 atom stereocenters. The fourth-order valence-corrected chi connectivity index (χ4v) is 1.10. The molecule has 0 aliphatic carbocycles. The number of carbonyl (C=O) groups is 1. The monoisotopic (exact) mass is 241 g/mol. The molecule has 0 spiro atoms. The van der Waals surface area contributed by atoms with Gasteiger partial charge in [0, 0.05) is 0 Å². The second-order valence-corrected chi connectivity index (χ2v) is 4.30. The topological polar surface area (TPSA) is 95.1 Å². The molecule has 7 nitrogen and oxygen atoms in total. The number of hydrogen-bond acceptors (Lipinski definition) is 5. The van der Waals surface area contributed by atoms with E-state index < -0.39 is 5.91 Å². The number of ether oxygens (including phenoxy) is 1. The van der Waals surface area contributed by atoms with Crippen molar-refractivity contribution in [2.75, 3.05) is 6.61 Å². The molecule has 17 heavy (non-hydrogen) atoms. The molecule has 0 bridgehead atoms. The van der Waals surface area contributed by atoms with Crippen LogP contribution in [0.1, 0.15) is 37.7 Å². The number of nitrogens with one attached hydrogen (secondary N) is 1. The van der Waals surface area contributed by atoms with Gasteiger partial charge in [-0.3, -0.25) is 10.2 Å². The van der Waals surface area contributed by atoms with Gasteiger partial charge >= 0.3 is 0 Å². The molecule has 0 aromatic carbocycles. The normalized spacial score (nSPS) is 11.5. The molecule has 0 aliphatic heterocycles. The van der Waals surface area contributed by atoms with Crippen molar-refractivity contribution < 1.29 is 9.53 Å². The molecule has 1 amide bonds. The summed E-state index contributed by atoms with van der Waals surface area (Å²) in [4.78, 5) is 11.1. The maximum atomic E-state index is 11.1. The fraction of sp³-hybridized carbons (Fsp3) is 0.700. The third-order valence-corrected chi connectivity index (χ3v) is 2.57. The van der Waals surface area contributed by atoms with Crippen molar-refractivity contribution in [3.05, 3.63) is 11.9 Å². The summed E-state index contributed by atoms with van der Waals surface area (Å²) in [6.07, 6.45) is 2.47. The van der Waals surface area contributed by atoms with Gasteiger partial charge < -0.3 is 4.74 Å². The van der Waals surface area contributed by atoms with Crippen LogP contribution in [0, 0.1) is 0 Å². The predicted molar refractivity (Wildman–Crippen MR) is 62.0 cm³/mol. The first-order valence-corrected chi connectivity index (χ1v) is 5.53. The number of hydrazine groups is 1. The van der Waals surface area contributed by atoms with Gasteiger partial charge in [-0.25, -0.2) is 10.5 Å². The van der Waals surface area contributed by atoms with E-state index >= 15 is 0 Å². The molecule has 1 aromatic rings. The van der Waals surface area contributed by atoms with Crippen molar-refractivity contribution >= 4 is 5.91 Å². The fourth-order valence-electron chi connectivity index (χ4n) is 1.10. The van der Waals surface area contributed by atoms with Crippen LogP contribution in [0.4, 0.5) is 0 Å². The molecule has 3 N–H and O–H groups in total. The average molecular weight is 241 g/mol. The van der Waals surface area contributed by atoms with Gasteiger partial charge in [-0.05, 0) is 20.3 Å². The van der Waals surface area contributed by atoms with E-state index in [2.05, 4.69) is 17.2 Å². The van der Waals surface area contributed by atoms with E-state index in [0.717, 1.165) is 6.42 Å². The summed E-state index contributed by atoms with van der Waals surface area (Å²) in [7, 11) is 0. The van der Waals surface area contributed by atoms with Gasteiger partial charge in [0.05, 0.1) is 24.9 Å². The van der Waals surface area contributed by atoms with Crippen LogP contribution < -0.4 is 11.3 Å². The Morgan fingerprint density at radius 2 is 2.35 bits per heavy atom. The maximum Gasteiger partial charge on any atom is 0.287 e. The number of nitrogens with zero attached hydrogens (tertiary/aromatic N) is 3. The minimum absolute atomic E-state index is 0.141. The Balaban J connectivity index is 2.43. The molecule has 0 saturated heterocycles. The molecule has 7 heteroatoms. The standard InChI is InChI=1S/C10H19N5O2/c1-4-10(2,3)17-6-5-15-7-8(13-14-15)9(16)12-11/h7H,4-6,11H2,1-3H3,(H,12,16). The van der Waals surface area contributed by atoms with E-state index in [9.17, 15) is 4.79 Å². The summed E-state index contributed by atoms with van der Waals surface area (Å²) in [5.74, 6) is 4.53. The lowest BCUT2D eigenvalue weighted by molar-refractivity contribution is -0.0246. The Hall–Kier alpha value is -1.47. The summed E-state index contributed by atoms with van der Waals surface area (Å²) in [6, 6.07) is 0. The molecule has 0 fully saturated rings. The highest BCUT2D eigenvalue weighted by molar-refractivity contribution is 5.91. The highest BCUT2D eigenvalue weighted by Gasteiger charge is 2.15. The lowest BCUT2D eigenvalue weighted by Gasteiger charge is -2.23. The van der Waals surface area contributed by atoms with Crippen LogP contribution >= 0.6 is 0 Å². The lowest BCUT2D eigenvalue weighted by atomic mass is 10.1. The second-order valence-electron chi connectivity index (χ2n) is 4.30. The zero-order chi connectivity index (χ0) is 12.9. The van der Waals surface area contributed by atoms with Crippen LogP contribution in [0.2, 0.25) is 0 Å². The summed E-state index contributed by atoms with van der Waals surface area (Å²) in [5, 5.41) is 7.49. The van der Waals surface area contributed by atoms with Crippen molar-refractivity contribution in [3.63, 3.8) is 0 Å². The Morgan fingerprint density at radius 1 is 1.65 bits per heavy atom. The van der Waals surface area contributed by atoms with Gasteiger partial charge in [-0.2, -0.15) is 0 Å². The molecule has 1 heterocycles. The van der Waals surface area contributed by atoms with Gasteiger partial charge in [0.15, 0.2) is 5.69 Å². The quantitative estimate of drug-likeness (QED) is 0.418. The molecule has 0 saturated carbocycles. The lowest BCUT2D eigenvalue weighted by Crippen LogP contribution is -2.30. The molecule has 1 rings (SSSR count). The van der Waals surface area contributed by atoms with Crippen molar-refractivity contribution in [1.29, 1.82) is 0 Å². The average Bonchev–Trinajstić information content (AvgIpc) is 2.76. The van der Waals surface area contributed by atoms with Crippen molar-refractivity contribution in [1.82, 2.24) is 20.4 Å². The molecule has 96 valence electrons. The van der Waals surface area contributed by atoms with E-state index in [0.29, 0.717) is 13.2 Å². The third-order valence-electron chi connectivity index (χ3n) is 2.57. The van der Waals surface area contributed by atoms with Crippen LogP contribution in [-0.2, 0) is 11.3 Å². The number of hydrogen-bond donors (Lipinski definition) is 2. The molecular weight excluding hydrogens is 222 g/mol. The number of aromatic nitrogens is 3. The second kappa shape index (κ2) is 5.74. The van der Waals surface area contributed by atoms with Gasteiger partial charge in [0.2, 0.25) is 0 Å². The Morgan fingerprint density at radius 3 is 2.94 bits per heavy atom. The Bertz CT molecular complexity index is 375. The molecule has 0 unspecified atom stereocenters. The third kappa shape index (κ3) is 4.12. The maximum absolute atomic E-state index is 11.1. The van der Waals surface area contributed by atoms with Crippen LogP contribution in [0.15, 0.2) is 6.20 Å². The number of amides is 1. The zero-order valence-corrected chi connectivity index (χ0v) is 10.4. The van der Waals surface area contributed by atoms with Crippen LogP contribution in [0.5, 0.6) is 0 Å².